The number of allylic oxidation sites excluding steroid dienone is 1. The van der Waals surface area contributed by atoms with Gasteiger partial charge < -0.3 is 9.69 Å². The van der Waals surface area contributed by atoms with Crippen LogP contribution < -0.4 is 0 Å². The minimum Gasteiger partial charge on any atom is -0.325 e. The molecule has 2 aromatic rings. The smallest absolute Gasteiger partial charge is 0.234 e. The summed E-state index contributed by atoms with van der Waals surface area (Å²) in [5.74, 6) is -0.318. The monoisotopic (exact) mass is 455 g/mol. The van der Waals surface area contributed by atoms with Crippen molar-refractivity contribution in [2.45, 2.75) is 44.7 Å². The third-order valence-corrected chi connectivity index (χ3v) is 6.86. The molecule has 0 radical (unpaired) electrons. The fourth-order valence-electron chi connectivity index (χ4n) is 4.55. The number of nitrogens with zero attached hydrogens (tertiary/aromatic N) is 1. The van der Waals surface area contributed by atoms with Crippen molar-refractivity contribution in [1.82, 2.24) is 4.90 Å². The van der Waals surface area contributed by atoms with Crippen LogP contribution in [0.2, 0.25) is 10.0 Å². The van der Waals surface area contributed by atoms with Crippen LogP contribution >= 0.6 is 23.2 Å². The van der Waals surface area contributed by atoms with Gasteiger partial charge in [-0.3, -0.25) is 4.79 Å². The molecule has 1 aliphatic heterocycles. The van der Waals surface area contributed by atoms with Gasteiger partial charge in [0.1, 0.15) is 6.29 Å². The highest BCUT2D eigenvalue weighted by molar-refractivity contribution is 6.30. The van der Waals surface area contributed by atoms with Gasteiger partial charge in [-0.05, 0) is 60.7 Å². The van der Waals surface area contributed by atoms with E-state index in [1.807, 2.05) is 69.3 Å². The molecule has 4 atom stereocenters. The van der Waals surface area contributed by atoms with Crippen LogP contribution in [0.15, 0.2) is 66.9 Å². The van der Waals surface area contributed by atoms with Crippen molar-refractivity contribution in [1.29, 1.82) is 0 Å². The normalized spacial score (nSPS) is 24.6. The van der Waals surface area contributed by atoms with Crippen molar-refractivity contribution in [3.05, 3.63) is 88.1 Å². The van der Waals surface area contributed by atoms with Crippen LogP contribution in [0.1, 0.15) is 44.4 Å². The molecule has 0 spiro atoms. The van der Waals surface area contributed by atoms with E-state index in [0.29, 0.717) is 16.5 Å². The molecule has 0 aliphatic carbocycles. The van der Waals surface area contributed by atoms with Crippen LogP contribution in [0.4, 0.5) is 0 Å². The Balaban J connectivity index is 2.22. The average molecular weight is 456 g/mol. The lowest BCUT2D eigenvalue weighted by Gasteiger charge is -2.51. The highest BCUT2D eigenvalue weighted by Gasteiger charge is 2.53. The molecule has 0 aromatic heterocycles. The Bertz CT molecular complexity index is 1010. The van der Waals surface area contributed by atoms with E-state index in [2.05, 4.69) is 12.3 Å². The summed E-state index contributed by atoms with van der Waals surface area (Å²) in [6.07, 6.45) is 3.37. The molecular weight excluding hydrogens is 429 g/mol. The SMILES string of the molecule is C=C=C[C@@H]1C[C@@H](c2ccc(Cl)cc2)N([C@H](C=O)C(C)C)C(=O)[C@]1(C)c1cccc(Cl)c1. The van der Waals surface area contributed by atoms with Gasteiger partial charge in [-0.15, -0.1) is 5.73 Å². The van der Waals surface area contributed by atoms with Gasteiger partial charge >= 0.3 is 0 Å². The highest BCUT2D eigenvalue weighted by atomic mass is 35.5. The summed E-state index contributed by atoms with van der Waals surface area (Å²) in [7, 11) is 0. The van der Waals surface area contributed by atoms with Crippen LogP contribution in [-0.2, 0) is 15.0 Å². The Kier molecular flexibility index (Phi) is 7.11. The van der Waals surface area contributed by atoms with E-state index in [9.17, 15) is 9.59 Å². The summed E-state index contributed by atoms with van der Waals surface area (Å²) in [4.78, 5) is 28.2. The van der Waals surface area contributed by atoms with Crippen molar-refractivity contribution in [2.24, 2.45) is 11.8 Å². The lowest BCUT2D eigenvalue weighted by atomic mass is 9.64. The van der Waals surface area contributed by atoms with Crippen molar-refractivity contribution in [3.63, 3.8) is 0 Å². The van der Waals surface area contributed by atoms with Crippen LogP contribution in [0.5, 0.6) is 0 Å². The van der Waals surface area contributed by atoms with Crippen LogP contribution in [0, 0.1) is 11.8 Å². The number of halogens is 2. The molecule has 1 saturated heterocycles. The number of amides is 1. The largest absolute Gasteiger partial charge is 0.325 e. The second kappa shape index (κ2) is 9.44. The molecule has 5 heteroatoms. The van der Waals surface area contributed by atoms with Gasteiger partial charge in [0.15, 0.2) is 0 Å². The van der Waals surface area contributed by atoms with E-state index in [4.69, 9.17) is 23.2 Å². The quantitative estimate of drug-likeness (QED) is 0.372. The Morgan fingerprint density at radius 1 is 1.16 bits per heavy atom. The van der Waals surface area contributed by atoms with Crippen molar-refractivity contribution in [3.8, 4) is 0 Å². The van der Waals surface area contributed by atoms with Gasteiger partial charge in [-0.2, -0.15) is 0 Å². The summed E-state index contributed by atoms with van der Waals surface area (Å²) < 4.78 is 0. The molecule has 0 unspecified atom stereocenters. The number of hydrogen-bond donors (Lipinski definition) is 0. The van der Waals surface area contributed by atoms with E-state index in [-0.39, 0.29) is 23.8 Å². The first kappa shape index (κ1) is 23.3. The third-order valence-electron chi connectivity index (χ3n) is 6.38. The standard InChI is InChI=1S/C26H27Cl2NO2/c1-5-7-19-15-23(18-10-12-21(27)13-11-18)29(24(16-30)17(2)3)25(31)26(19,4)20-8-6-9-22(28)14-20/h6-14,16-17,19,23-24H,1,15H2,2-4H3/t19-,23+,24-,26+/m1/s1. The molecule has 0 N–H and O–H groups in total. The third kappa shape index (κ3) is 4.36. The first-order chi connectivity index (χ1) is 14.7. The fraction of sp³-hybridized carbons (Fsp3) is 0.346. The van der Waals surface area contributed by atoms with E-state index in [1.54, 1.807) is 11.0 Å². The number of carbonyl (C=O) groups is 2. The molecule has 1 aliphatic rings. The molecule has 2 aromatic carbocycles. The average Bonchev–Trinajstić information content (AvgIpc) is 2.74. The minimum absolute atomic E-state index is 0.0358. The van der Waals surface area contributed by atoms with Gasteiger partial charge in [-0.25, -0.2) is 0 Å². The number of likely N-dealkylation sites (tertiary alicyclic amines) is 1. The van der Waals surface area contributed by atoms with Crippen LogP contribution in [-0.4, -0.2) is 23.1 Å². The predicted octanol–water partition coefficient (Wildman–Crippen LogP) is 6.41. The number of benzene rings is 2. The van der Waals surface area contributed by atoms with Gasteiger partial charge in [0.25, 0.3) is 0 Å². The lowest BCUT2D eigenvalue weighted by Crippen LogP contribution is -2.59. The fourth-order valence-corrected chi connectivity index (χ4v) is 4.87. The van der Waals surface area contributed by atoms with E-state index < -0.39 is 11.5 Å². The Morgan fingerprint density at radius 2 is 1.84 bits per heavy atom. The predicted molar refractivity (Wildman–Crippen MR) is 126 cm³/mol. The first-order valence-electron chi connectivity index (χ1n) is 10.4. The summed E-state index contributed by atoms with van der Waals surface area (Å²) in [6, 6.07) is 14.0. The number of piperidine rings is 1. The molecule has 1 fully saturated rings. The van der Waals surface area contributed by atoms with Crippen molar-refractivity contribution >= 4 is 35.4 Å². The van der Waals surface area contributed by atoms with Gasteiger partial charge in [0.05, 0.1) is 17.5 Å². The van der Waals surface area contributed by atoms with Crippen LogP contribution in [0.3, 0.4) is 0 Å². The molecule has 1 amide bonds. The number of hydrogen-bond acceptors (Lipinski definition) is 2. The van der Waals surface area contributed by atoms with Gasteiger partial charge in [-0.1, -0.05) is 67.9 Å². The Hall–Kier alpha value is -2.32. The molecule has 3 rings (SSSR count). The zero-order chi connectivity index (χ0) is 22.8. The second-order valence-corrected chi connectivity index (χ2v) is 9.45. The molecule has 0 bridgehead atoms. The Morgan fingerprint density at radius 3 is 2.39 bits per heavy atom. The maximum atomic E-state index is 14.2. The summed E-state index contributed by atoms with van der Waals surface area (Å²) in [6.45, 7) is 9.59. The molecule has 162 valence electrons. The van der Waals surface area contributed by atoms with Crippen LogP contribution in [0.25, 0.3) is 0 Å². The first-order valence-corrected chi connectivity index (χ1v) is 11.1. The minimum atomic E-state index is -0.908. The second-order valence-electron chi connectivity index (χ2n) is 8.58. The zero-order valence-corrected chi connectivity index (χ0v) is 19.5. The van der Waals surface area contributed by atoms with E-state index in [1.165, 1.54) is 0 Å². The highest BCUT2D eigenvalue weighted by Crippen LogP contribution is 2.48. The van der Waals surface area contributed by atoms with E-state index >= 15 is 0 Å². The maximum absolute atomic E-state index is 14.2. The topological polar surface area (TPSA) is 37.4 Å². The maximum Gasteiger partial charge on any atom is 0.234 e. The molecule has 1 heterocycles. The Labute approximate surface area is 194 Å². The number of rotatable bonds is 6. The zero-order valence-electron chi connectivity index (χ0n) is 18.0. The number of aldehydes is 1. The number of carbonyl (C=O) groups excluding carboxylic acids is 2. The summed E-state index contributed by atoms with van der Waals surface area (Å²) in [5.41, 5.74) is 3.74. The molecule has 0 saturated carbocycles. The molecule has 3 nitrogen and oxygen atoms in total. The van der Waals surface area contributed by atoms with Crippen molar-refractivity contribution < 1.29 is 9.59 Å². The molecular formula is C26H27Cl2NO2. The van der Waals surface area contributed by atoms with Gasteiger partial charge in [0.2, 0.25) is 5.91 Å². The summed E-state index contributed by atoms with van der Waals surface area (Å²) in [5, 5.41) is 1.19. The van der Waals surface area contributed by atoms with Gasteiger partial charge in [0, 0.05) is 16.0 Å². The lowest BCUT2D eigenvalue weighted by molar-refractivity contribution is -0.153. The van der Waals surface area contributed by atoms with E-state index in [0.717, 1.165) is 17.4 Å². The summed E-state index contributed by atoms with van der Waals surface area (Å²) >= 11 is 12.4. The molecule has 31 heavy (non-hydrogen) atoms. The van der Waals surface area contributed by atoms with Crippen molar-refractivity contribution in [2.75, 3.05) is 0 Å².